The average Bonchev–Trinajstić information content (AvgIpc) is 3.47. The van der Waals surface area contributed by atoms with E-state index in [2.05, 4.69) is 85.4 Å². The highest BCUT2D eigenvalue weighted by Crippen LogP contribution is 2.46. The average molecular weight is 736 g/mol. The van der Waals surface area contributed by atoms with Crippen molar-refractivity contribution in [1.82, 2.24) is 14.2 Å². The molecule has 0 fully saturated rings. The van der Waals surface area contributed by atoms with Gasteiger partial charge in [-0.2, -0.15) is 0 Å². The lowest BCUT2D eigenvalue weighted by Crippen LogP contribution is -2.66. The Labute approximate surface area is 315 Å². The van der Waals surface area contributed by atoms with Crippen LogP contribution in [0.15, 0.2) is 91.0 Å². The molecule has 0 unspecified atom stereocenters. The van der Waals surface area contributed by atoms with E-state index in [1.165, 1.54) is 10.4 Å². The molecule has 1 aliphatic heterocycles. The molecule has 7 nitrogen and oxygen atoms in total. The minimum atomic E-state index is -2.83. The predicted octanol–water partition coefficient (Wildman–Crippen LogP) is 7.12. The van der Waals surface area contributed by atoms with Gasteiger partial charge in [-0.3, -0.25) is 4.90 Å². The minimum absolute atomic E-state index is 0.188. The van der Waals surface area contributed by atoms with E-state index >= 15 is 0 Å². The first-order chi connectivity index (χ1) is 24.7. The van der Waals surface area contributed by atoms with Crippen molar-refractivity contribution >= 4 is 36.0 Å². The zero-order valence-electron chi connectivity index (χ0n) is 32.2. The number of nitrogens with zero attached hydrogens (tertiary/aromatic N) is 3. The number of hydrogen-bond donors (Lipinski definition) is 0. The third-order valence-corrected chi connectivity index (χ3v) is 16.2. The number of aromatic nitrogens is 1. The maximum Gasteiger partial charge on any atom is 0.356 e. The molecular formula is C43H53N3O4SSi. The summed E-state index contributed by atoms with van der Waals surface area (Å²) in [4.78, 5) is 20.2. The van der Waals surface area contributed by atoms with Gasteiger partial charge in [0.1, 0.15) is 10.4 Å². The molecule has 0 bridgehead atoms. The number of fused-ring (bicyclic) bond motifs is 1. The van der Waals surface area contributed by atoms with Gasteiger partial charge >= 0.3 is 5.97 Å². The number of rotatable bonds is 11. The Bertz CT molecular complexity index is 1860. The zero-order valence-corrected chi connectivity index (χ0v) is 34.0. The predicted molar refractivity (Wildman–Crippen MR) is 215 cm³/mol. The number of carbonyl (C=O) groups excluding carboxylic acids is 1. The second-order valence-corrected chi connectivity index (χ2v) is 22.0. The summed E-state index contributed by atoms with van der Waals surface area (Å²) in [6.45, 7) is 16.3. The lowest BCUT2D eigenvalue weighted by molar-refractivity contribution is 0.0519. The standard InChI is InChI=1S/C43H53N3O4SSi/c1-10-49-41(47)37-30-34-31-46(51(48)42(2,3)4)38(39(34)40(44-37)33-21-17-19-32(29-33)20-18-27-45(8)9)26-28-50-52(43(5,6)7,35-22-13-11-14-23-35)36-24-15-12-16-25-36/h11-17,19,21-25,29-30,38H,10,26-28,31H2,1-9H3/t38-,51+/m1/s1. The Hall–Kier alpha value is -3.75. The molecule has 1 aromatic heterocycles. The second kappa shape index (κ2) is 16.5. The van der Waals surface area contributed by atoms with E-state index in [9.17, 15) is 9.35 Å². The SMILES string of the molecule is CCOC(=O)c1cc2c(c(-c3cccc(C#CCN(C)C)c3)n1)[C@@H](CCO[Si](c1ccccc1)(c1ccccc1)C(C)(C)C)N([S@@+]([O-])C(C)(C)C)C2. The summed E-state index contributed by atoms with van der Waals surface area (Å²) in [6.07, 6.45) is 0.578. The molecule has 0 amide bonds. The van der Waals surface area contributed by atoms with Gasteiger partial charge in [0.15, 0.2) is 0 Å². The zero-order chi connectivity index (χ0) is 37.7. The molecule has 4 aromatic rings. The van der Waals surface area contributed by atoms with Crippen molar-refractivity contribution in [1.29, 1.82) is 0 Å². The molecule has 0 N–H and O–H groups in total. The highest BCUT2D eigenvalue weighted by Gasteiger charge is 2.51. The number of ether oxygens (including phenoxy) is 1. The molecule has 0 saturated carbocycles. The smallest absolute Gasteiger partial charge is 0.356 e. The van der Waals surface area contributed by atoms with Crippen molar-refractivity contribution in [3.05, 3.63) is 113 Å². The van der Waals surface area contributed by atoms with Crippen LogP contribution in [0.3, 0.4) is 0 Å². The Morgan fingerprint density at radius 3 is 2.15 bits per heavy atom. The maximum atomic E-state index is 14.4. The van der Waals surface area contributed by atoms with E-state index in [1.54, 1.807) is 6.92 Å². The van der Waals surface area contributed by atoms with Crippen LogP contribution in [0.25, 0.3) is 11.3 Å². The van der Waals surface area contributed by atoms with Crippen LogP contribution >= 0.6 is 0 Å². The van der Waals surface area contributed by atoms with Gasteiger partial charge in [-0.1, -0.05) is 105 Å². The molecule has 2 atom stereocenters. The first kappa shape index (κ1) is 39.5. The third kappa shape index (κ3) is 8.55. The first-order valence-corrected chi connectivity index (χ1v) is 21.1. The van der Waals surface area contributed by atoms with Gasteiger partial charge in [0.2, 0.25) is 0 Å². The monoisotopic (exact) mass is 735 g/mol. The van der Waals surface area contributed by atoms with Gasteiger partial charge in [-0.25, -0.2) is 9.78 Å². The third-order valence-electron chi connectivity index (χ3n) is 9.26. The van der Waals surface area contributed by atoms with Crippen LogP contribution in [-0.2, 0) is 27.1 Å². The molecule has 2 heterocycles. The molecular weight excluding hydrogens is 683 g/mol. The largest absolute Gasteiger partial charge is 0.597 e. The summed E-state index contributed by atoms with van der Waals surface area (Å²) < 4.78 is 28.7. The fourth-order valence-corrected chi connectivity index (χ4v) is 13.0. The molecule has 0 saturated heterocycles. The summed E-state index contributed by atoms with van der Waals surface area (Å²) in [5.74, 6) is 6.03. The van der Waals surface area contributed by atoms with Gasteiger partial charge in [0.05, 0.1) is 31.4 Å². The molecule has 5 rings (SSSR count). The Kier molecular flexibility index (Phi) is 12.5. The number of esters is 1. The van der Waals surface area contributed by atoms with E-state index < -0.39 is 30.4 Å². The van der Waals surface area contributed by atoms with Gasteiger partial charge in [-0.15, -0.1) is 4.31 Å². The summed E-state index contributed by atoms with van der Waals surface area (Å²) in [5.41, 5.74) is 4.52. The quantitative estimate of drug-likeness (QED) is 0.0703. The van der Waals surface area contributed by atoms with Gasteiger partial charge < -0.3 is 13.7 Å². The van der Waals surface area contributed by atoms with Crippen LogP contribution < -0.4 is 10.4 Å². The van der Waals surface area contributed by atoms with Crippen molar-refractivity contribution in [3.8, 4) is 23.1 Å². The fraction of sp³-hybridized carbons (Fsp3) is 0.395. The van der Waals surface area contributed by atoms with Crippen LogP contribution in [0.5, 0.6) is 0 Å². The highest BCUT2D eigenvalue weighted by molar-refractivity contribution is 7.90. The van der Waals surface area contributed by atoms with E-state index in [0.717, 1.165) is 22.3 Å². The Morgan fingerprint density at radius 2 is 1.60 bits per heavy atom. The van der Waals surface area contributed by atoms with E-state index in [0.29, 0.717) is 31.8 Å². The Balaban J connectivity index is 1.64. The van der Waals surface area contributed by atoms with E-state index in [-0.39, 0.29) is 23.4 Å². The molecule has 0 aliphatic carbocycles. The topological polar surface area (TPSA) is 78.0 Å². The molecule has 1 aliphatic rings. The fourth-order valence-electron chi connectivity index (χ4n) is 7.01. The Morgan fingerprint density at radius 1 is 0.962 bits per heavy atom. The summed E-state index contributed by atoms with van der Waals surface area (Å²) >= 11 is -1.36. The molecule has 274 valence electrons. The van der Waals surface area contributed by atoms with Crippen LogP contribution in [-0.4, -0.2) is 71.6 Å². The number of benzene rings is 3. The van der Waals surface area contributed by atoms with Crippen LogP contribution in [0.4, 0.5) is 0 Å². The van der Waals surface area contributed by atoms with Crippen LogP contribution in [0, 0.1) is 11.8 Å². The minimum Gasteiger partial charge on any atom is -0.597 e. The summed E-state index contributed by atoms with van der Waals surface area (Å²) in [6, 6.07) is 30.8. The normalized spacial score (nSPS) is 15.6. The van der Waals surface area contributed by atoms with Crippen molar-refractivity contribution in [2.75, 3.05) is 33.9 Å². The molecule has 3 aromatic carbocycles. The lowest BCUT2D eigenvalue weighted by Gasteiger charge is -2.43. The highest BCUT2D eigenvalue weighted by atomic mass is 32.2. The number of pyridine rings is 1. The first-order valence-electron chi connectivity index (χ1n) is 18.1. The van der Waals surface area contributed by atoms with Gasteiger partial charge in [-0.05, 0) is 87.4 Å². The molecule has 9 heteroatoms. The second-order valence-electron chi connectivity index (χ2n) is 15.5. The van der Waals surface area contributed by atoms with Crippen LogP contribution in [0.1, 0.15) is 88.1 Å². The molecule has 52 heavy (non-hydrogen) atoms. The lowest BCUT2D eigenvalue weighted by atomic mass is 9.95. The van der Waals surface area contributed by atoms with Crippen molar-refractivity contribution in [3.63, 3.8) is 0 Å². The number of carbonyl (C=O) groups is 1. The van der Waals surface area contributed by atoms with Crippen molar-refractivity contribution in [2.24, 2.45) is 0 Å². The van der Waals surface area contributed by atoms with Crippen LogP contribution in [0.2, 0.25) is 5.04 Å². The summed E-state index contributed by atoms with van der Waals surface area (Å²) in [7, 11) is 1.15. The number of hydrogen-bond acceptors (Lipinski definition) is 7. The van der Waals surface area contributed by atoms with Gasteiger partial charge in [0.25, 0.3) is 8.32 Å². The molecule has 0 spiro atoms. The van der Waals surface area contributed by atoms with E-state index in [1.807, 2.05) is 82.2 Å². The van der Waals surface area contributed by atoms with Crippen molar-refractivity contribution < 1.29 is 18.5 Å². The van der Waals surface area contributed by atoms with Crippen molar-refractivity contribution in [2.45, 2.75) is 77.3 Å². The summed E-state index contributed by atoms with van der Waals surface area (Å²) in [5, 5.41) is 2.24. The maximum absolute atomic E-state index is 14.4. The van der Waals surface area contributed by atoms with E-state index in [4.69, 9.17) is 14.1 Å². The molecule has 0 radical (unpaired) electrons. The van der Waals surface area contributed by atoms with Gasteiger partial charge in [0, 0.05) is 34.7 Å².